The molecule has 0 bridgehead atoms. The monoisotopic (exact) mass is 428 g/mol. The first kappa shape index (κ1) is 20.4. The molecule has 0 saturated carbocycles. The quantitative estimate of drug-likeness (QED) is 0.790. The molecule has 2 heterocycles. The van der Waals surface area contributed by atoms with Gasteiger partial charge < -0.3 is 10.1 Å². The summed E-state index contributed by atoms with van der Waals surface area (Å²) in [5.41, 5.74) is 0.703. The first-order valence-corrected chi connectivity index (χ1v) is 11.4. The number of carbonyl (C=O) groups is 2. The molecule has 0 aliphatic carbocycles. The number of nitrogens with zero attached hydrogens (tertiary/aromatic N) is 1. The van der Waals surface area contributed by atoms with Crippen LogP contribution in [0.4, 0.5) is 0 Å². The standard InChI is InChI=1S/C22H24N2O5S/c1-22(2)14-17(15-8-3-5-10-18(15)29-22)23-20(25)12-7-13-24-21(26)16-9-4-6-11-19(16)30(24,27)28/h3-6,8-11,17H,7,12-14H2,1-2H3,(H,23,25)/t17-/m1/s1. The van der Waals surface area contributed by atoms with Crippen LogP contribution >= 0.6 is 0 Å². The topological polar surface area (TPSA) is 92.8 Å². The van der Waals surface area contributed by atoms with E-state index in [-0.39, 0.29) is 41.8 Å². The molecule has 0 aromatic heterocycles. The fraction of sp³-hybridized carbons (Fsp3) is 0.364. The van der Waals surface area contributed by atoms with Crippen LogP contribution in [0, 0.1) is 0 Å². The number of ether oxygens (including phenoxy) is 1. The summed E-state index contributed by atoms with van der Waals surface area (Å²) in [4.78, 5) is 25.0. The Morgan fingerprint density at radius 2 is 1.87 bits per heavy atom. The number of fused-ring (bicyclic) bond motifs is 2. The molecule has 7 nitrogen and oxygen atoms in total. The van der Waals surface area contributed by atoms with Crippen molar-refractivity contribution in [3.05, 3.63) is 59.7 Å². The fourth-order valence-corrected chi connectivity index (χ4v) is 5.64. The van der Waals surface area contributed by atoms with Crippen LogP contribution in [-0.2, 0) is 14.8 Å². The smallest absolute Gasteiger partial charge is 0.269 e. The molecule has 2 aromatic carbocycles. The van der Waals surface area contributed by atoms with Crippen molar-refractivity contribution in [1.29, 1.82) is 0 Å². The number of rotatable bonds is 5. The van der Waals surface area contributed by atoms with E-state index >= 15 is 0 Å². The van der Waals surface area contributed by atoms with Gasteiger partial charge in [-0.25, -0.2) is 12.7 Å². The summed E-state index contributed by atoms with van der Waals surface area (Å²) >= 11 is 0. The summed E-state index contributed by atoms with van der Waals surface area (Å²) in [6.07, 6.45) is 0.999. The van der Waals surface area contributed by atoms with Gasteiger partial charge in [-0.05, 0) is 38.5 Å². The predicted molar refractivity (Wildman–Crippen MR) is 111 cm³/mol. The van der Waals surface area contributed by atoms with Gasteiger partial charge in [0, 0.05) is 24.9 Å². The maximum atomic E-state index is 12.6. The van der Waals surface area contributed by atoms with Crippen LogP contribution in [0.3, 0.4) is 0 Å². The van der Waals surface area contributed by atoms with E-state index in [1.807, 2.05) is 38.1 Å². The molecule has 0 unspecified atom stereocenters. The highest BCUT2D eigenvalue weighted by molar-refractivity contribution is 7.90. The zero-order chi connectivity index (χ0) is 21.5. The van der Waals surface area contributed by atoms with E-state index in [2.05, 4.69) is 5.32 Å². The van der Waals surface area contributed by atoms with Crippen LogP contribution in [0.1, 0.15) is 55.1 Å². The summed E-state index contributed by atoms with van der Waals surface area (Å²) in [5.74, 6) is 0.0331. The van der Waals surface area contributed by atoms with Gasteiger partial charge in [0.15, 0.2) is 0 Å². The minimum absolute atomic E-state index is 0.0282. The van der Waals surface area contributed by atoms with Gasteiger partial charge in [-0.3, -0.25) is 9.59 Å². The van der Waals surface area contributed by atoms with Crippen molar-refractivity contribution in [2.75, 3.05) is 6.54 Å². The third kappa shape index (κ3) is 3.67. The Morgan fingerprint density at radius 1 is 1.17 bits per heavy atom. The first-order valence-electron chi connectivity index (χ1n) is 9.92. The lowest BCUT2D eigenvalue weighted by Gasteiger charge is -2.37. The second-order valence-electron chi connectivity index (χ2n) is 8.21. The zero-order valence-corrected chi connectivity index (χ0v) is 17.7. The molecule has 4 rings (SSSR count). The molecule has 0 spiro atoms. The lowest BCUT2D eigenvalue weighted by Crippen LogP contribution is -2.41. The second kappa shape index (κ2) is 7.43. The molecule has 2 aliphatic rings. The highest BCUT2D eigenvalue weighted by Gasteiger charge is 2.40. The number of amides is 2. The van der Waals surface area contributed by atoms with Crippen molar-refractivity contribution in [3.63, 3.8) is 0 Å². The van der Waals surface area contributed by atoms with Crippen LogP contribution in [0.2, 0.25) is 0 Å². The normalized spacial score (nSPS) is 20.8. The molecule has 0 fully saturated rings. The number of para-hydroxylation sites is 1. The van der Waals surface area contributed by atoms with E-state index in [1.54, 1.807) is 12.1 Å². The van der Waals surface area contributed by atoms with Gasteiger partial charge in [-0.1, -0.05) is 30.3 Å². The van der Waals surface area contributed by atoms with Crippen molar-refractivity contribution in [2.45, 2.75) is 49.6 Å². The maximum absolute atomic E-state index is 12.6. The molecule has 2 amide bonds. The number of benzene rings is 2. The van der Waals surface area contributed by atoms with Crippen molar-refractivity contribution in [3.8, 4) is 5.75 Å². The summed E-state index contributed by atoms with van der Waals surface area (Å²) in [5, 5.41) is 3.03. The SMILES string of the molecule is CC1(C)C[C@@H](NC(=O)CCCN2C(=O)c3ccccc3S2(=O)=O)c2ccccc2O1. The Bertz CT molecular complexity index is 1110. The molecule has 2 aromatic rings. The summed E-state index contributed by atoms with van der Waals surface area (Å²) < 4.78 is 32.0. The number of hydrogen-bond acceptors (Lipinski definition) is 5. The highest BCUT2D eigenvalue weighted by Crippen LogP contribution is 2.39. The number of sulfonamides is 1. The minimum atomic E-state index is -3.84. The van der Waals surface area contributed by atoms with Crippen LogP contribution in [0.25, 0.3) is 0 Å². The molecule has 0 saturated heterocycles. The van der Waals surface area contributed by atoms with Crippen LogP contribution < -0.4 is 10.1 Å². The third-order valence-corrected chi connectivity index (χ3v) is 7.23. The van der Waals surface area contributed by atoms with E-state index in [0.29, 0.717) is 6.42 Å². The second-order valence-corrected chi connectivity index (χ2v) is 10.0. The van der Waals surface area contributed by atoms with Gasteiger partial charge in [0.05, 0.1) is 11.6 Å². The number of hydrogen-bond donors (Lipinski definition) is 1. The lowest BCUT2D eigenvalue weighted by atomic mass is 9.89. The van der Waals surface area contributed by atoms with Crippen LogP contribution in [-0.4, -0.2) is 36.7 Å². The Kier molecular flexibility index (Phi) is 5.05. The summed E-state index contributed by atoms with van der Waals surface area (Å²) in [7, 11) is -3.84. The number of nitrogens with one attached hydrogen (secondary N) is 1. The van der Waals surface area contributed by atoms with Gasteiger partial charge >= 0.3 is 0 Å². The molecule has 30 heavy (non-hydrogen) atoms. The zero-order valence-electron chi connectivity index (χ0n) is 16.9. The van der Waals surface area contributed by atoms with Crippen molar-refractivity contribution in [1.82, 2.24) is 9.62 Å². The average molecular weight is 429 g/mol. The minimum Gasteiger partial charge on any atom is -0.487 e. The van der Waals surface area contributed by atoms with Crippen LogP contribution in [0.5, 0.6) is 5.75 Å². The van der Waals surface area contributed by atoms with Gasteiger partial charge in [0.25, 0.3) is 15.9 Å². The third-order valence-electron chi connectivity index (χ3n) is 5.39. The lowest BCUT2D eigenvalue weighted by molar-refractivity contribution is -0.122. The Balaban J connectivity index is 1.38. The first-order chi connectivity index (χ1) is 14.2. The molecule has 158 valence electrons. The Morgan fingerprint density at radius 3 is 2.63 bits per heavy atom. The molecule has 2 aliphatic heterocycles. The van der Waals surface area contributed by atoms with E-state index in [0.717, 1.165) is 15.6 Å². The Hall–Kier alpha value is -2.87. The largest absolute Gasteiger partial charge is 0.487 e. The summed E-state index contributed by atoms with van der Waals surface area (Å²) in [6, 6.07) is 13.6. The van der Waals surface area contributed by atoms with Gasteiger partial charge in [0.1, 0.15) is 16.2 Å². The summed E-state index contributed by atoms with van der Waals surface area (Å²) in [6.45, 7) is 3.92. The van der Waals surface area contributed by atoms with E-state index in [1.165, 1.54) is 12.1 Å². The molecular formula is C22H24N2O5S. The average Bonchev–Trinajstić information content (AvgIpc) is 2.88. The van der Waals surface area contributed by atoms with Gasteiger partial charge in [-0.2, -0.15) is 0 Å². The van der Waals surface area contributed by atoms with E-state index in [4.69, 9.17) is 4.74 Å². The predicted octanol–water partition coefficient (Wildman–Crippen LogP) is 3.03. The maximum Gasteiger partial charge on any atom is 0.269 e. The van der Waals surface area contributed by atoms with Crippen molar-refractivity contribution < 1.29 is 22.7 Å². The highest BCUT2D eigenvalue weighted by atomic mass is 32.2. The Labute approximate surface area is 176 Å². The fourth-order valence-electron chi connectivity index (χ4n) is 4.03. The molecule has 8 heteroatoms. The number of carbonyl (C=O) groups excluding carboxylic acids is 2. The molecule has 1 N–H and O–H groups in total. The van der Waals surface area contributed by atoms with E-state index < -0.39 is 21.5 Å². The van der Waals surface area contributed by atoms with Crippen molar-refractivity contribution in [2.24, 2.45) is 0 Å². The van der Waals surface area contributed by atoms with E-state index in [9.17, 15) is 18.0 Å². The van der Waals surface area contributed by atoms with Crippen LogP contribution in [0.15, 0.2) is 53.4 Å². The molecule has 1 atom stereocenters. The van der Waals surface area contributed by atoms with Gasteiger partial charge in [0.2, 0.25) is 5.91 Å². The molecule has 0 radical (unpaired) electrons. The molecular weight excluding hydrogens is 404 g/mol. The van der Waals surface area contributed by atoms with Crippen molar-refractivity contribution >= 4 is 21.8 Å². The van der Waals surface area contributed by atoms with Gasteiger partial charge in [-0.15, -0.1) is 0 Å².